The van der Waals surface area contributed by atoms with E-state index in [-0.39, 0.29) is 11.8 Å². The van der Waals surface area contributed by atoms with E-state index in [1.54, 1.807) is 47.1 Å². The molecule has 0 spiro atoms. The van der Waals surface area contributed by atoms with E-state index in [2.05, 4.69) is 10.3 Å². The Hall–Kier alpha value is -3.15. The highest BCUT2D eigenvalue weighted by molar-refractivity contribution is 7.99. The first-order valence-corrected chi connectivity index (χ1v) is 10.8. The van der Waals surface area contributed by atoms with Crippen molar-refractivity contribution in [2.24, 2.45) is 0 Å². The maximum absolute atomic E-state index is 13.0. The highest BCUT2D eigenvalue weighted by Gasteiger charge is 2.36. The van der Waals surface area contributed by atoms with Crippen molar-refractivity contribution < 1.29 is 9.59 Å². The van der Waals surface area contributed by atoms with Crippen LogP contribution in [0, 0.1) is 11.3 Å². The summed E-state index contributed by atoms with van der Waals surface area (Å²) >= 11 is 2.88. The summed E-state index contributed by atoms with van der Waals surface area (Å²) in [4.78, 5) is 32.2. The van der Waals surface area contributed by atoms with Gasteiger partial charge < -0.3 is 10.2 Å². The van der Waals surface area contributed by atoms with E-state index < -0.39 is 6.04 Å². The minimum absolute atomic E-state index is 0.186. The number of rotatable bonds is 4. The normalized spacial score (nSPS) is 15.7. The zero-order chi connectivity index (χ0) is 20.2. The molecule has 0 saturated carbocycles. The Morgan fingerprint density at radius 2 is 1.90 bits per heavy atom. The number of thioether (sulfide) groups is 1. The molecule has 1 fully saturated rings. The summed E-state index contributed by atoms with van der Waals surface area (Å²) in [6.45, 7) is 0. The number of aromatic nitrogens is 1. The van der Waals surface area contributed by atoms with Crippen LogP contribution >= 0.6 is 23.1 Å². The second-order valence-corrected chi connectivity index (χ2v) is 8.40. The summed E-state index contributed by atoms with van der Waals surface area (Å²) in [5, 5.41) is 12.5. The molecule has 1 atom stereocenters. The Balaban J connectivity index is 1.47. The van der Waals surface area contributed by atoms with E-state index in [4.69, 9.17) is 5.26 Å². The monoisotopic (exact) mass is 420 g/mol. The van der Waals surface area contributed by atoms with Gasteiger partial charge >= 0.3 is 0 Å². The molecule has 8 heteroatoms. The molecule has 2 heterocycles. The van der Waals surface area contributed by atoms with Gasteiger partial charge in [-0.3, -0.25) is 9.59 Å². The smallest absolute Gasteiger partial charge is 0.266 e. The number of thiazole rings is 1. The molecule has 1 aliphatic rings. The molecule has 1 aromatic heterocycles. The van der Waals surface area contributed by atoms with E-state index in [9.17, 15) is 9.59 Å². The number of anilines is 1. The molecule has 1 aliphatic heterocycles. The van der Waals surface area contributed by atoms with Crippen molar-refractivity contribution in [2.75, 3.05) is 16.9 Å². The molecule has 4 rings (SSSR count). The van der Waals surface area contributed by atoms with Crippen LogP contribution in [0.3, 0.4) is 0 Å². The Morgan fingerprint density at radius 3 is 2.62 bits per heavy atom. The third kappa shape index (κ3) is 4.16. The van der Waals surface area contributed by atoms with Gasteiger partial charge in [0.25, 0.3) is 5.91 Å². The number of nitriles is 1. The van der Waals surface area contributed by atoms with Crippen LogP contribution in [0.25, 0.3) is 10.6 Å². The Kier molecular flexibility index (Phi) is 5.60. The van der Waals surface area contributed by atoms with Crippen LogP contribution in [-0.4, -0.2) is 39.4 Å². The van der Waals surface area contributed by atoms with Crippen molar-refractivity contribution >= 4 is 40.6 Å². The summed E-state index contributed by atoms with van der Waals surface area (Å²) in [6, 6.07) is 17.8. The van der Waals surface area contributed by atoms with Crippen LogP contribution in [0.5, 0.6) is 0 Å². The Labute approximate surface area is 176 Å². The maximum atomic E-state index is 13.0. The number of nitrogens with one attached hydrogen (secondary N) is 1. The van der Waals surface area contributed by atoms with Crippen molar-refractivity contribution in [1.29, 1.82) is 5.26 Å². The van der Waals surface area contributed by atoms with Gasteiger partial charge in [0.1, 0.15) is 15.9 Å². The van der Waals surface area contributed by atoms with Crippen molar-refractivity contribution in [3.05, 3.63) is 71.2 Å². The topological polar surface area (TPSA) is 86.1 Å². The van der Waals surface area contributed by atoms with Crippen molar-refractivity contribution in [3.63, 3.8) is 0 Å². The Morgan fingerprint density at radius 1 is 1.14 bits per heavy atom. The fourth-order valence-electron chi connectivity index (χ4n) is 2.94. The first-order valence-electron chi connectivity index (χ1n) is 8.86. The van der Waals surface area contributed by atoms with Crippen LogP contribution in [0.1, 0.15) is 15.2 Å². The molecule has 1 unspecified atom stereocenters. The van der Waals surface area contributed by atoms with Crippen LogP contribution < -0.4 is 5.32 Å². The SMILES string of the molecule is N#Cc1ccc(NC(=O)C2CSCN2C(=O)c2cnc(-c3ccccc3)s2)cc1. The molecule has 0 radical (unpaired) electrons. The summed E-state index contributed by atoms with van der Waals surface area (Å²) in [6.07, 6.45) is 1.58. The van der Waals surface area contributed by atoms with Gasteiger partial charge in [-0.1, -0.05) is 30.3 Å². The number of hydrogen-bond acceptors (Lipinski definition) is 6. The lowest BCUT2D eigenvalue weighted by molar-refractivity contribution is -0.119. The molecule has 3 aromatic rings. The summed E-state index contributed by atoms with van der Waals surface area (Å²) in [5.41, 5.74) is 2.08. The minimum Gasteiger partial charge on any atom is -0.324 e. The van der Waals surface area contributed by atoms with Gasteiger partial charge in [0, 0.05) is 17.0 Å². The minimum atomic E-state index is -0.551. The molecular formula is C21H16N4O2S2. The fourth-order valence-corrected chi connectivity index (χ4v) is 4.97. The number of amides is 2. The van der Waals surface area contributed by atoms with E-state index in [1.807, 2.05) is 36.4 Å². The van der Waals surface area contributed by atoms with Gasteiger partial charge in [-0.05, 0) is 24.3 Å². The molecule has 29 heavy (non-hydrogen) atoms. The molecule has 0 bridgehead atoms. The lowest BCUT2D eigenvalue weighted by atomic mass is 10.2. The predicted octanol–water partition coefficient (Wildman–Crippen LogP) is 3.84. The number of nitrogens with zero attached hydrogens (tertiary/aromatic N) is 3. The molecule has 144 valence electrons. The molecule has 0 aliphatic carbocycles. The Bertz CT molecular complexity index is 1070. The average molecular weight is 421 g/mol. The molecule has 6 nitrogen and oxygen atoms in total. The van der Waals surface area contributed by atoms with Crippen molar-refractivity contribution in [1.82, 2.24) is 9.88 Å². The predicted molar refractivity (Wildman–Crippen MR) is 115 cm³/mol. The van der Waals surface area contributed by atoms with Crippen molar-refractivity contribution in [3.8, 4) is 16.6 Å². The summed E-state index contributed by atoms with van der Waals surface area (Å²) in [5.74, 6) is 0.580. The highest BCUT2D eigenvalue weighted by Crippen LogP contribution is 2.29. The lowest BCUT2D eigenvalue weighted by Gasteiger charge is -2.22. The third-order valence-electron chi connectivity index (χ3n) is 4.46. The molecule has 1 N–H and O–H groups in total. The lowest BCUT2D eigenvalue weighted by Crippen LogP contribution is -2.44. The summed E-state index contributed by atoms with van der Waals surface area (Å²) in [7, 11) is 0. The third-order valence-corrected chi connectivity index (χ3v) is 6.51. The van der Waals surface area contributed by atoms with E-state index in [0.717, 1.165) is 10.6 Å². The molecule has 2 amide bonds. The number of carbonyl (C=O) groups excluding carboxylic acids is 2. The van der Waals surface area contributed by atoms with E-state index in [1.165, 1.54) is 11.3 Å². The van der Waals surface area contributed by atoms with Gasteiger partial charge in [-0.15, -0.1) is 23.1 Å². The average Bonchev–Trinajstić information content (AvgIpc) is 3.44. The maximum Gasteiger partial charge on any atom is 0.266 e. The quantitative estimate of drug-likeness (QED) is 0.693. The van der Waals surface area contributed by atoms with Crippen LogP contribution in [0.4, 0.5) is 5.69 Å². The second-order valence-electron chi connectivity index (χ2n) is 6.36. The van der Waals surface area contributed by atoms with Gasteiger partial charge in [0.05, 0.1) is 23.7 Å². The molecule has 2 aromatic carbocycles. The number of benzene rings is 2. The zero-order valence-electron chi connectivity index (χ0n) is 15.2. The first kappa shape index (κ1) is 19.2. The molecule has 1 saturated heterocycles. The molecular weight excluding hydrogens is 404 g/mol. The fraction of sp³-hybridized carbons (Fsp3) is 0.143. The van der Waals surface area contributed by atoms with E-state index >= 15 is 0 Å². The van der Waals surface area contributed by atoms with E-state index in [0.29, 0.717) is 27.8 Å². The zero-order valence-corrected chi connectivity index (χ0v) is 16.9. The van der Waals surface area contributed by atoms with Gasteiger partial charge in [-0.2, -0.15) is 5.26 Å². The summed E-state index contributed by atoms with van der Waals surface area (Å²) < 4.78 is 0. The standard InChI is InChI=1S/C21H16N4O2S2/c22-10-14-6-8-16(9-7-14)24-19(26)17-12-28-13-25(17)21(27)18-11-23-20(29-18)15-4-2-1-3-5-15/h1-9,11,17H,12-13H2,(H,24,26). The van der Waals surface area contributed by atoms with Crippen LogP contribution in [-0.2, 0) is 4.79 Å². The van der Waals surface area contributed by atoms with Gasteiger partial charge in [0.2, 0.25) is 5.91 Å². The highest BCUT2D eigenvalue weighted by atomic mass is 32.2. The first-order chi connectivity index (χ1) is 14.2. The van der Waals surface area contributed by atoms with Crippen LogP contribution in [0.15, 0.2) is 60.8 Å². The number of carbonyl (C=O) groups is 2. The van der Waals surface area contributed by atoms with Gasteiger partial charge in [-0.25, -0.2) is 4.98 Å². The second kappa shape index (κ2) is 8.47. The van der Waals surface area contributed by atoms with Crippen molar-refractivity contribution in [2.45, 2.75) is 6.04 Å². The number of hydrogen-bond donors (Lipinski definition) is 1. The van der Waals surface area contributed by atoms with Crippen LogP contribution in [0.2, 0.25) is 0 Å². The van der Waals surface area contributed by atoms with Gasteiger partial charge in [0.15, 0.2) is 0 Å². The largest absolute Gasteiger partial charge is 0.324 e.